The normalized spacial score (nSPS) is 17.9. The molecule has 4 nitrogen and oxygen atoms in total. The summed E-state index contributed by atoms with van der Waals surface area (Å²) >= 11 is 8.03. The maximum atomic E-state index is 13.4. The smallest absolute Gasteiger partial charge is 0.312 e. The Balaban J connectivity index is 1.57. The van der Waals surface area contributed by atoms with Crippen molar-refractivity contribution in [2.45, 2.75) is 51.6 Å². The standard InChI is InChI=1S/C23H24ClN3OS/c1-2-19-20-10-6-12-26(20)22-18(17-9-3-4-11-21(17)29-22)14-27(19)23(28)25-16-8-5-7-15(24)13-16/h5-8,10,12-13,19H,2-4,9,11,14H2,1H3,(H,25,28). The molecule has 1 N–H and O–H groups in total. The number of rotatable bonds is 2. The van der Waals surface area contributed by atoms with Crippen molar-refractivity contribution in [3.8, 4) is 5.00 Å². The molecule has 2 aliphatic rings. The fourth-order valence-corrected chi connectivity index (χ4v) is 6.26. The predicted molar refractivity (Wildman–Crippen MR) is 119 cm³/mol. The van der Waals surface area contributed by atoms with Gasteiger partial charge in [0.15, 0.2) is 0 Å². The first-order valence-electron chi connectivity index (χ1n) is 10.3. The highest BCUT2D eigenvalue weighted by atomic mass is 35.5. The van der Waals surface area contributed by atoms with Crippen LogP contribution in [0.2, 0.25) is 5.02 Å². The lowest BCUT2D eigenvalue weighted by molar-refractivity contribution is 0.181. The van der Waals surface area contributed by atoms with Gasteiger partial charge in [0.25, 0.3) is 0 Å². The lowest BCUT2D eigenvalue weighted by Crippen LogP contribution is -2.37. The van der Waals surface area contributed by atoms with Crippen LogP contribution in [0.15, 0.2) is 42.6 Å². The molecule has 1 aromatic carbocycles. The average Bonchev–Trinajstić information content (AvgIpc) is 3.30. The number of hydrogen-bond acceptors (Lipinski definition) is 2. The maximum absolute atomic E-state index is 13.4. The van der Waals surface area contributed by atoms with Gasteiger partial charge in [0.1, 0.15) is 5.00 Å². The zero-order valence-corrected chi connectivity index (χ0v) is 18.0. The third kappa shape index (κ3) is 3.26. The Morgan fingerprint density at radius 1 is 1.21 bits per heavy atom. The van der Waals surface area contributed by atoms with E-state index in [0.29, 0.717) is 11.6 Å². The molecule has 1 aliphatic carbocycles. The van der Waals surface area contributed by atoms with Gasteiger partial charge in [-0.3, -0.25) is 0 Å². The molecule has 2 aromatic heterocycles. The molecule has 1 unspecified atom stereocenters. The van der Waals surface area contributed by atoms with E-state index in [2.05, 4.69) is 35.1 Å². The van der Waals surface area contributed by atoms with Crippen LogP contribution in [-0.4, -0.2) is 15.5 Å². The number of nitrogens with zero attached hydrogens (tertiary/aromatic N) is 2. The van der Waals surface area contributed by atoms with E-state index in [9.17, 15) is 4.79 Å². The van der Waals surface area contributed by atoms with E-state index in [1.54, 1.807) is 6.07 Å². The summed E-state index contributed by atoms with van der Waals surface area (Å²) in [6, 6.07) is 11.5. The van der Waals surface area contributed by atoms with Crippen LogP contribution >= 0.6 is 22.9 Å². The van der Waals surface area contributed by atoms with Crippen LogP contribution in [0.4, 0.5) is 10.5 Å². The summed E-state index contributed by atoms with van der Waals surface area (Å²) in [4.78, 5) is 16.9. The highest BCUT2D eigenvalue weighted by Gasteiger charge is 2.34. The van der Waals surface area contributed by atoms with E-state index in [1.807, 2.05) is 34.4 Å². The van der Waals surface area contributed by atoms with Crippen molar-refractivity contribution in [2.75, 3.05) is 5.32 Å². The van der Waals surface area contributed by atoms with Gasteiger partial charge in [-0.2, -0.15) is 0 Å². The number of nitrogens with one attached hydrogen (secondary N) is 1. The summed E-state index contributed by atoms with van der Waals surface area (Å²) in [5.41, 5.74) is 4.73. The molecule has 2 amide bonds. The van der Waals surface area contributed by atoms with E-state index in [4.69, 9.17) is 11.6 Å². The van der Waals surface area contributed by atoms with Gasteiger partial charge in [-0.15, -0.1) is 11.3 Å². The summed E-state index contributed by atoms with van der Waals surface area (Å²) in [5.74, 6) is 0. The Bertz CT molecular complexity index is 1070. The van der Waals surface area contributed by atoms with Crippen molar-refractivity contribution >= 4 is 34.7 Å². The summed E-state index contributed by atoms with van der Waals surface area (Å²) in [6.45, 7) is 2.80. The first-order valence-corrected chi connectivity index (χ1v) is 11.5. The first kappa shape index (κ1) is 18.8. The molecule has 6 heteroatoms. The summed E-state index contributed by atoms with van der Waals surface area (Å²) in [7, 11) is 0. The van der Waals surface area contributed by atoms with Gasteiger partial charge in [0.2, 0.25) is 0 Å². The fraction of sp³-hybridized carbons (Fsp3) is 0.348. The average molecular weight is 426 g/mol. The molecule has 1 atom stereocenters. The number of thiophene rings is 1. The molecule has 0 saturated heterocycles. The Labute approximate surface area is 180 Å². The zero-order chi connectivity index (χ0) is 20.0. The Morgan fingerprint density at radius 2 is 2.07 bits per heavy atom. The molecule has 29 heavy (non-hydrogen) atoms. The van der Waals surface area contributed by atoms with Crippen LogP contribution in [0.5, 0.6) is 0 Å². The molecule has 150 valence electrons. The van der Waals surface area contributed by atoms with E-state index < -0.39 is 0 Å². The van der Waals surface area contributed by atoms with Gasteiger partial charge < -0.3 is 14.8 Å². The molecular formula is C23H24ClN3OS. The van der Waals surface area contributed by atoms with Crippen LogP contribution in [0.3, 0.4) is 0 Å². The van der Waals surface area contributed by atoms with Crippen molar-refractivity contribution in [3.63, 3.8) is 0 Å². The van der Waals surface area contributed by atoms with Crippen LogP contribution in [0.1, 0.15) is 53.9 Å². The number of fused-ring (bicyclic) bond motifs is 5. The summed E-state index contributed by atoms with van der Waals surface area (Å²) < 4.78 is 2.32. The molecule has 0 bridgehead atoms. The Morgan fingerprint density at radius 3 is 2.90 bits per heavy atom. The molecule has 3 aromatic rings. The van der Waals surface area contributed by atoms with Gasteiger partial charge in [-0.25, -0.2) is 4.79 Å². The summed E-state index contributed by atoms with van der Waals surface area (Å²) in [6.07, 6.45) is 7.80. The topological polar surface area (TPSA) is 37.3 Å². The molecule has 1 aliphatic heterocycles. The van der Waals surface area contributed by atoms with Crippen LogP contribution in [-0.2, 0) is 19.4 Å². The monoisotopic (exact) mass is 425 g/mol. The quantitative estimate of drug-likeness (QED) is 0.495. The molecule has 3 heterocycles. The van der Waals surface area contributed by atoms with E-state index in [0.717, 1.165) is 24.9 Å². The molecular weight excluding hydrogens is 402 g/mol. The number of anilines is 1. The Hall–Kier alpha value is -2.24. The van der Waals surface area contributed by atoms with Crippen molar-refractivity contribution in [3.05, 3.63) is 69.3 Å². The minimum atomic E-state index is -0.0736. The van der Waals surface area contributed by atoms with Crippen LogP contribution in [0.25, 0.3) is 5.00 Å². The van der Waals surface area contributed by atoms with Crippen LogP contribution in [0, 0.1) is 0 Å². The van der Waals surface area contributed by atoms with Crippen LogP contribution < -0.4 is 5.32 Å². The molecule has 0 saturated carbocycles. The van der Waals surface area contributed by atoms with E-state index in [-0.39, 0.29) is 12.1 Å². The highest BCUT2D eigenvalue weighted by Crippen LogP contribution is 2.43. The number of urea groups is 1. The first-order chi connectivity index (χ1) is 14.2. The third-order valence-electron chi connectivity index (χ3n) is 6.03. The molecule has 0 radical (unpaired) electrons. The minimum Gasteiger partial charge on any atom is -0.312 e. The van der Waals surface area contributed by atoms with Crippen molar-refractivity contribution in [1.82, 2.24) is 9.47 Å². The van der Waals surface area contributed by atoms with Gasteiger partial charge in [0, 0.05) is 33.0 Å². The SMILES string of the molecule is CCC1c2cccn2-c2sc3c(c2CN1C(=O)Nc1cccc(Cl)c1)CCCC3. The number of carbonyl (C=O) groups excluding carboxylic acids is 1. The maximum Gasteiger partial charge on any atom is 0.322 e. The van der Waals surface area contributed by atoms with Crippen molar-refractivity contribution < 1.29 is 4.79 Å². The largest absolute Gasteiger partial charge is 0.322 e. The molecule has 0 fully saturated rings. The lowest BCUT2D eigenvalue weighted by Gasteiger charge is -2.30. The third-order valence-corrected chi connectivity index (χ3v) is 7.60. The van der Waals surface area contributed by atoms with E-state index >= 15 is 0 Å². The number of amides is 2. The summed E-state index contributed by atoms with van der Waals surface area (Å²) in [5, 5.41) is 4.99. The van der Waals surface area contributed by atoms with Crippen molar-refractivity contribution in [2.24, 2.45) is 0 Å². The zero-order valence-electron chi connectivity index (χ0n) is 16.5. The van der Waals surface area contributed by atoms with Gasteiger partial charge in [-0.1, -0.05) is 24.6 Å². The van der Waals surface area contributed by atoms with Gasteiger partial charge in [-0.05, 0) is 68.0 Å². The molecule has 5 rings (SSSR count). The number of aromatic nitrogens is 1. The number of aryl methyl sites for hydroxylation is 1. The number of carbonyl (C=O) groups is 1. The Kier molecular flexibility index (Phi) is 4.88. The van der Waals surface area contributed by atoms with Gasteiger partial charge in [0.05, 0.1) is 12.6 Å². The number of benzene rings is 1. The lowest BCUT2D eigenvalue weighted by atomic mass is 9.95. The van der Waals surface area contributed by atoms with E-state index in [1.165, 1.54) is 39.5 Å². The predicted octanol–water partition coefficient (Wildman–Crippen LogP) is 6.57. The second-order valence-electron chi connectivity index (χ2n) is 7.79. The number of hydrogen-bond donors (Lipinski definition) is 1. The van der Waals surface area contributed by atoms with Gasteiger partial charge >= 0.3 is 6.03 Å². The highest BCUT2D eigenvalue weighted by molar-refractivity contribution is 7.15. The second kappa shape index (κ2) is 7.54. The fourth-order valence-electron chi connectivity index (χ4n) is 4.67. The number of halogens is 1. The van der Waals surface area contributed by atoms with Crippen molar-refractivity contribution in [1.29, 1.82) is 0 Å². The second-order valence-corrected chi connectivity index (χ2v) is 9.31. The molecule has 0 spiro atoms. The minimum absolute atomic E-state index is 0.0306.